The van der Waals surface area contributed by atoms with Gasteiger partial charge in [-0.3, -0.25) is 9.59 Å². The lowest BCUT2D eigenvalue weighted by Crippen LogP contribution is -2.30. The molecule has 3 rings (SSSR count). The molecule has 1 amide bonds. The van der Waals surface area contributed by atoms with Crippen molar-refractivity contribution in [3.8, 4) is 0 Å². The summed E-state index contributed by atoms with van der Waals surface area (Å²) in [5.41, 5.74) is -0.0520. The largest absolute Gasteiger partial charge is 0.342 e. The molecule has 4 nitrogen and oxygen atoms in total. The lowest BCUT2D eigenvalue weighted by atomic mass is 10.2. The van der Waals surface area contributed by atoms with E-state index in [0.717, 1.165) is 25.3 Å². The number of likely N-dealkylation sites (tertiary alicyclic amines) is 1. The van der Waals surface area contributed by atoms with E-state index in [2.05, 4.69) is 24.3 Å². The van der Waals surface area contributed by atoms with E-state index in [1.807, 2.05) is 28.8 Å². The minimum Gasteiger partial charge on any atom is -0.342 e. The SMILES string of the molecule is O=C(CCn1ccccc1=O)N1CC[C@@H](CSc2ccccc2)C1. The van der Waals surface area contributed by atoms with Gasteiger partial charge in [-0.1, -0.05) is 24.3 Å². The number of aryl methyl sites for hydroxylation is 1. The fourth-order valence-corrected chi connectivity index (χ4v) is 4.00. The first-order chi connectivity index (χ1) is 11.7. The predicted octanol–water partition coefficient (Wildman–Crippen LogP) is 2.88. The second-order valence-corrected chi connectivity index (χ2v) is 7.19. The molecule has 2 aromatic rings. The average Bonchev–Trinajstić information content (AvgIpc) is 3.09. The van der Waals surface area contributed by atoms with Crippen LogP contribution in [-0.2, 0) is 11.3 Å². The van der Waals surface area contributed by atoms with E-state index in [-0.39, 0.29) is 11.5 Å². The summed E-state index contributed by atoms with van der Waals surface area (Å²) >= 11 is 1.86. The summed E-state index contributed by atoms with van der Waals surface area (Å²) in [5.74, 6) is 1.75. The molecule has 1 aliphatic heterocycles. The van der Waals surface area contributed by atoms with Crippen molar-refractivity contribution in [2.24, 2.45) is 5.92 Å². The normalized spacial score (nSPS) is 17.2. The number of pyridine rings is 1. The molecule has 1 fully saturated rings. The van der Waals surface area contributed by atoms with E-state index in [9.17, 15) is 9.59 Å². The number of rotatable bonds is 6. The summed E-state index contributed by atoms with van der Waals surface area (Å²) in [6.45, 7) is 2.13. The molecule has 1 aromatic carbocycles. The summed E-state index contributed by atoms with van der Waals surface area (Å²) < 4.78 is 1.59. The summed E-state index contributed by atoms with van der Waals surface area (Å²) in [6.07, 6.45) is 3.19. The van der Waals surface area contributed by atoms with Crippen LogP contribution in [-0.4, -0.2) is 34.2 Å². The molecule has 0 unspecified atom stereocenters. The van der Waals surface area contributed by atoms with E-state index in [1.54, 1.807) is 16.8 Å². The van der Waals surface area contributed by atoms with Crippen molar-refractivity contribution in [1.82, 2.24) is 9.47 Å². The lowest BCUT2D eigenvalue weighted by molar-refractivity contribution is -0.130. The van der Waals surface area contributed by atoms with Gasteiger partial charge in [-0.15, -0.1) is 11.8 Å². The van der Waals surface area contributed by atoms with E-state index in [1.165, 1.54) is 11.0 Å². The van der Waals surface area contributed by atoms with Crippen molar-refractivity contribution in [2.45, 2.75) is 24.3 Å². The maximum absolute atomic E-state index is 12.4. The number of thioether (sulfide) groups is 1. The third kappa shape index (κ3) is 4.51. The lowest BCUT2D eigenvalue weighted by Gasteiger charge is -2.17. The van der Waals surface area contributed by atoms with Gasteiger partial charge < -0.3 is 9.47 Å². The molecule has 1 atom stereocenters. The number of amides is 1. The van der Waals surface area contributed by atoms with Gasteiger partial charge in [0.2, 0.25) is 5.91 Å². The van der Waals surface area contributed by atoms with Crippen molar-refractivity contribution in [1.29, 1.82) is 0 Å². The Balaban J connectivity index is 1.44. The number of hydrogen-bond donors (Lipinski definition) is 0. The van der Waals surface area contributed by atoms with Crippen molar-refractivity contribution >= 4 is 17.7 Å². The Morgan fingerprint density at radius 1 is 1.12 bits per heavy atom. The number of benzene rings is 1. The molecule has 0 saturated carbocycles. The van der Waals surface area contributed by atoms with Crippen LogP contribution in [0.5, 0.6) is 0 Å². The van der Waals surface area contributed by atoms with Crippen LogP contribution in [0.3, 0.4) is 0 Å². The van der Waals surface area contributed by atoms with Crippen LogP contribution in [0.25, 0.3) is 0 Å². The number of nitrogens with zero attached hydrogens (tertiary/aromatic N) is 2. The fourth-order valence-electron chi connectivity index (χ4n) is 2.95. The van der Waals surface area contributed by atoms with Gasteiger partial charge in [-0.25, -0.2) is 0 Å². The Labute approximate surface area is 146 Å². The summed E-state index contributed by atoms with van der Waals surface area (Å²) in [4.78, 5) is 27.2. The highest BCUT2D eigenvalue weighted by Crippen LogP contribution is 2.26. The molecule has 2 heterocycles. The maximum Gasteiger partial charge on any atom is 0.250 e. The highest BCUT2D eigenvalue weighted by Gasteiger charge is 2.25. The first-order valence-electron chi connectivity index (χ1n) is 8.33. The van der Waals surface area contributed by atoms with Gasteiger partial charge in [0, 0.05) is 49.0 Å². The topological polar surface area (TPSA) is 42.3 Å². The maximum atomic E-state index is 12.4. The minimum absolute atomic E-state index is 0.0520. The van der Waals surface area contributed by atoms with E-state index < -0.39 is 0 Å². The molecule has 0 bridgehead atoms. The highest BCUT2D eigenvalue weighted by molar-refractivity contribution is 7.99. The van der Waals surface area contributed by atoms with Crippen molar-refractivity contribution in [2.75, 3.05) is 18.8 Å². The van der Waals surface area contributed by atoms with Crippen LogP contribution in [0, 0.1) is 5.92 Å². The minimum atomic E-state index is -0.0520. The van der Waals surface area contributed by atoms with Crippen molar-refractivity contribution < 1.29 is 4.79 Å². The zero-order valence-electron chi connectivity index (χ0n) is 13.6. The molecular weight excluding hydrogens is 320 g/mol. The molecule has 24 heavy (non-hydrogen) atoms. The van der Waals surface area contributed by atoms with Crippen LogP contribution in [0.2, 0.25) is 0 Å². The molecule has 0 N–H and O–H groups in total. The van der Waals surface area contributed by atoms with Gasteiger partial charge in [0.05, 0.1) is 0 Å². The average molecular weight is 342 g/mol. The van der Waals surface area contributed by atoms with Gasteiger partial charge >= 0.3 is 0 Å². The Morgan fingerprint density at radius 3 is 2.71 bits per heavy atom. The van der Waals surface area contributed by atoms with E-state index in [4.69, 9.17) is 0 Å². The van der Waals surface area contributed by atoms with Gasteiger partial charge in [0.25, 0.3) is 5.56 Å². The molecule has 1 aromatic heterocycles. The van der Waals surface area contributed by atoms with Gasteiger partial charge in [-0.2, -0.15) is 0 Å². The van der Waals surface area contributed by atoms with Gasteiger partial charge in [0.15, 0.2) is 0 Å². The van der Waals surface area contributed by atoms with Crippen molar-refractivity contribution in [3.63, 3.8) is 0 Å². The van der Waals surface area contributed by atoms with Crippen LogP contribution in [0.4, 0.5) is 0 Å². The monoisotopic (exact) mass is 342 g/mol. The molecular formula is C19H22N2O2S. The first kappa shape index (κ1) is 16.8. The molecule has 0 aliphatic carbocycles. The molecule has 0 spiro atoms. The van der Waals surface area contributed by atoms with E-state index >= 15 is 0 Å². The second kappa shape index (κ2) is 8.20. The number of carbonyl (C=O) groups is 1. The Morgan fingerprint density at radius 2 is 1.92 bits per heavy atom. The standard InChI is InChI=1S/C19H22N2O2S/c22-18-8-4-5-11-20(18)13-10-19(23)21-12-9-16(14-21)15-24-17-6-2-1-3-7-17/h1-8,11,16H,9-10,12-15H2/t16-/m1/s1. The first-order valence-corrected chi connectivity index (χ1v) is 9.32. The number of hydrogen-bond acceptors (Lipinski definition) is 3. The molecule has 126 valence electrons. The third-order valence-electron chi connectivity index (χ3n) is 4.33. The number of carbonyl (C=O) groups excluding carboxylic acids is 1. The van der Waals surface area contributed by atoms with Crippen LogP contribution < -0.4 is 5.56 Å². The third-order valence-corrected chi connectivity index (χ3v) is 5.58. The quantitative estimate of drug-likeness (QED) is 0.758. The molecule has 1 aliphatic rings. The Bertz CT molecular complexity index is 729. The zero-order chi connectivity index (χ0) is 16.8. The van der Waals surface area contributed by atoms with Crippen molar-refractivity contribution in [3.05, 3.63) is 65.1 Å². The van der Waals surface area contributed by atoms with Crippen LogP contribution >= 0.6 is 11.8 Å². The van der Waals surface area contributed by atoms with Gasteiger partial charge in [-0.05, 0) is 30.5 Å². The van der Waals surface area contributed by atoms with Crippen LogP contribution in [0.1, 0.15) is 12.8 Å². The summed E-state index contributed by atoms with van der Waals surface area (Å²) in [7, 11) is 0. The Hall–Kier alpha value is -2.01. The van der Waals surface area contributed by atoms with Crippen LogP contribution in [0.15, 0.2) is 64.4 Å². The smallest absolute Gasteiger partial charge is 0.250 e. The van der Waals surface area contributed by atoms with Gasteiger partial charge in [0.1, 0.15) is 0 Å². The Kier molecular flexibility index (Phi) is 5.75. The zero-order valence-corrected chi connectivity index (χ0v) is 14.5. The predicted molar refractivity (Wildman–Crippen MR) is 97.2 cm³/mol. The van der Waals surface area contributed by atoms with E-state index in [0.29, 0.717) is 18.9 Å². The fraction of sp³-hybridized carbons (Fsp3) is 0.368. The summed E-state index contributed by atoms with van der Waals surface area (Å²) in [5, 5.41) is 0. The molecule has 5 heteroatoms. The molecule has 1 saturated heterocycles. The number of aromatic nitrogens is 1. The highest BCUT2D eigenvalue weighted by atomic mass is 32.2. The second-order valence-electron chi connectivity index (χ2n) is 6.10. The molecule has 0 radical (unpaired) electrons. The summed E-state index contributed by atoms with van der Waals surface area (Å²) in [6, 6.07) is 15.4.